The summed E-state index contributed by atoms with van der Waals surface area (Å²) in [5, 5.41) is 1.03. The van der Waals surface area contributed by atoms with Gasteiger partial charge in [-0.05, 0) is 25.6 Å². The van der Waals surface area contributed by atoms with E-state index in [2.05, 4.69) is 0 Å². The number of primary amides is 1. The molecule has 0 fully saturated rings. The molecule has 0 radical (unpaired) electrons. The highest BCUT2D eigenvalue weighted by Gasteiger charge is 2.16. The lowest BCUT2D eigenvalue weighted by molar-refractivity contribution is -0.122. The molecular weight excluding hydrogens is 247 g/mol. The smallest absolute Gasteiger partial charge is 0.234 e. The molecule has 3 nitrogen and oxygen atoms in total. The van der Waals surface area contributed by atoms with Crippen LogP contribution in [-0.2, 0) is 11.3 Å². The first-order valence-electron chi connectivity index (χ1n) is 4.86. The van der Waals surface area contributed by atoms with Crippen LogP contribution in [0.15, 0.2) is 18.2 Å². The Kier molecular flexibility index (Phi) is 4.59. The van der Waals surface area contributed by atoms with Crippen LogP contribution in [0.3, 0.4) is 0 Å². The topological polar surface area (TPSA) is 46.3 Å². The van der Waals surface area contributed by atoms with Crippen molar-refractivity contribution in [2.75, 3.05) is 7.05 Å². The van der Waals surface area contributed by atoms with Gasteiger partial charge >= 0.3 is 0 Å². The van der Waals surface area contributed by atoms with E-state index in [0.717, 1.165) is 5.56 Å². The molecule has 16 heavy (non-hydrogen) atoms. The third-order valence-electron chi connectivity index (χ3n) is 2.52. The minimum Gasteiger partial charge on any atom is -0.368 e. The van der Waals surface area contributed by atoms with Crippen LogP contribution in [0, 0.1) is 0 Å². The van der Waals surface area contributed by atoms with Crippen molar-refractivity contribution in [3.05, 3.63) is 33.8 Å². The van der Waals surface area contributed by atoms with Gasteiger partial charge in [0.1, 0.15) is 0 Å². The zero-order valence-electron chi connectivity index (χ0n) is 9.21. The van der Waals surface area contributed by atoms with Crippen molar-refractivity contribution in [2.45, 2.75) is 19.5 Å². The molecule has 1 atom stereocenters. The van der Waals surface area contributed by atoms with Gasteiger partial charge in [0, 0.05) is 6.54 Å². The minimum absolute atomic E-state index is 0.338. The van der Waals surface area contributed by atoms with Crippen molar-refractivity contribution in [3.8, 4) is 0 Å². The molecule has 1 aromatic rings. The van der Waals surface area contributed by atoms with E-state index in [9.17, 15) is 4.79 Å². The molecule has 0 aromatic heterocycles. The fourth-order valence-corrected chi connectivity index (χ4v) is 1.67. The Hall–Kier alpha value is -0.770. The Labute approximate surface area is 105 Å². The molecular formula is C11H14Cl2N2O. The number of benzene rings is 1. The zero-order valence-corrected chi connectivity index (χ0v) is 10.7. The predicted molar refractivity (Wildman–Crippen MR) is 66.6 cm³/mol. The Bertz CT molecular complexity index is 396. The molecule has 1 aromatic carbocycles. The van der Waals surface area contributed by atoms with E-state index in [1.54, 1.807) is 13.0 Å². The van der Waals surface area contributed by atoms with E-state index >= 15 is 0 Å². The third kappa shape index (κ3) is 3.11. The van der Waals surface area contributed by atoms with Gasteiger partial charge < -0.3 is 5.73 Å². The highest BCUT2D eigenvalue weighted by Crippen LogP contribution is 2.26. The lowest BCUT2D eigenvalue weighted by Gasteiger charge is -2.22. The molecule has 0 bridgehead atoms. The molecule has 0 unspecified atom stereocenters. The first-order valence-corrected chi connectivity index (χ1v) is 5.61. The highest BCUT2D eigenvalue weighted by atomic mass is 35.5. The number of rotatable bonds is 4. The van der Waals surface area contributed by atoms with E-state index in [0.29, 0.717) is 16.6 Å². The number of hydrogen-bond donors (Lipinski definition) is 1. The maximum Gasteiger partial charge on any atom is 0.234 e. The molecule has 5 heteroatoms. The molecule has 88 valence electrons. The Balaban J connectivity index is 2.81. The number of amides is 1. The van der Waals surface area contributed by atoms with Crippen LogP contribution in [0.1, 0.15) is 12.5 Å². The number of hydrogen-bond acceptors (Lipinski definition) is 2. The quantitative estimate of drug-likeness (QED) is 0.903. The second-order valence-corrected chi connectivity index (χ2v) is 4.49. The van der Waals surface area contributed by atoms with Crippen molar-refractivity contribution in [2.24, 2.45) is 5.73 Å². The molecule has 1 amide bonds. The van der Waals surface area contributed by atoms with Gasteiger partial charge in [-0.3, -0.25) is 9.69 Å². The molecule has 2 N–H and O–H groups in total. The summed E-state index contributed by atoms with van der Waals surface area (Å²) in [5.74, 6) is -0.361. The summed E-state index contributed by atoms with van der Waals surface area (Å²) < 4.78 is 0. The molecule has 0 aliphatic heterocycles. The third-order valence-corrected chi connectivity index (χ3v) is 3.38. The van der Waals surface area contributed by atoms with Crippen LogP contribution in [0.25, 0.3) is 0 Å². The normalized spacial score (nSPS) is 12.8. The zero-order chi connectivity index (χ0) is 12.3. The van der Waals surface area contributed by atoms with Crippen LogP contribution in [0.5, 0.6) is 0 Å². The van der Waals surface area contributed by atoms with E-state index in [4.69, 9.17) is 28.9 Å². The van der Waals surface area contributed by atoms with Gasteiger partial charge in [-0.15, -0.1) is 0 Å². The van der Waals surface area contributed by atoms with Crippen LogP contribution in [-0.4, -0.2) is 23.9 Å². The van der Waals surface area contributed by atoms with E-state index in [-0.39, 0.29) is 11.9 Å². The van der Waals surface area contributed by atoms with Crippen molar-refractivity contribution < 1.29 is 4.79 Å². The molecule has 1 rings (SSSR count). The van der Waals surface area contributed by atoms with Crippen LogP contribution in [0.4, 0.5) is 0 Å². The van der Waals surface area contributed by atoms with Gasteiger partial charge in [-0.2, -0.15) is 0 Å². The molecule has 0 spiro atoms. The number of carbonyl (C=O) groups is 1. The molecule has 0 heterocycles. The van der Waals surface area contributed by atoms with E-state index in [1.807, 2.05) is 24.1 Å². The van der Waals surface area contributed by atoms with E-state index < -0.39 is 0 Å². The Morgan fingerprint density at radius 1 is 1.50 bits per heavy atom. The summed E-state index contributed by atoms with van der Waals surface area (Å²) in [7, 11) is 1.81. The SMILES string of the molecule is C[C@H](C(N)=O)N(C)Cc1cccc(Cl)c1Cl. The molecule has 0 saturated carbocycles. The fourth-order valence-electron chi connectivity index (χ4n) is 1.29. The van der Waals surface area contributed by atoms with Crippen molar-refractivity contribution in [3.63, 3.8) is 0 Å². The number of halogens is 2. The number of nitrogens with zero attached hydrogens (tertiary/aromatic N) is 1. The number of carbonyl (C=O) groups excluding carboxylic acids is 1. The molecule has 0 aliphatic carbocycles. The maximum atomic E-state index is 11.0. The summed E-state index contributed by atoms with van der Waals surface area (Å²) in [6, 6.07) is 5.09. The number of likely N-dealkylation sites (N-methyl/N-ethyl adjacent to an activating group) is 1. The first-order chi connectivity index (χ1) is 7.43. The lowest BCUT2D eigenvalue weighted by atomic mass is 10.2. The standard InChI is InChI=1S/C11H14Cl2N2O/c1-7(11(14)16)15(2)6-8-4-3-5-9(12)10(8)13/h3-5,7H,6H2,1-2H3,(H2,14,16)/t7-/m1/s1. The second kappa shape index (κ2) is 5.53. The van der Waals surface area contributed by atoms with Gasteiger partial charge in [0.25, 0.3) is 0 Å². The van der Waals surface area contributed by atoms with Gasteiger partial charge in [0.05, 0.1) is 16.1 Å². The average molecular weight is 261 g/mol. The lowest BCUT2D eigenvalue weighted by Crippen LogP contribution is -2.39. The number of nitrogens with two attached hydrogens (primary N) is 1. The van der Waals surface area contributed by atoms with Crippen LogP contribution >= 0.6 is 23.2 Å². The summed E-state index contributed by atoms with van der Waals surface area (Å²) in [4.78, 5) is 12.8. The molecule has 0 aliphatic rings. The van der Waals surface area contributed by atoms with Crippen LogP contribution < -0.4 is 5.73 Å². The maximum absolute atomic E-state index is 11.0. The fraction of sp³-hybridized carbons (Fsp3) is 0.364. The van der Waals surface area contributed by atoms with Crippen molar-refractivity contribution in [1.82, 2.24) is 4.90 Å². The average Bonchev–Trinajstić information content (AvgIpc) is 2.23. The van der Waals surface area contributed by atoms with Gasteiger partial charge in [0.2, 0.25) is 5.91 Å². The Morgan fingerprint density at radius 3 is 2.69 bits per heavy atom. The van der Waals surface area contributed by atoms with E-state index in [1.165, 1.54) is 0 Å². The van der Waals surface area contributed by atoms with Gasteiger partial charge in [-0.1, -0.05) is 35.3 Å². The molecule has 0 saturated heterocycles. The monoisotopic (exact) mass is 260 g/mol. The van der Waals surface area contributed by atoms with Crippen LogP contribution in [0.2, 0.25) is 10.0 Å². The van der Waals surface area contributed by atoms with Gasteiger partial charge in [0.15, 0.2) is 0 Å². The second-order valence-electron chi connectivity index (χ2n) is 3.71. The van der Waals surface area contributed by atoms with Gasteiger partial charge in [-0.25, -0.2) is 0 Å². The van der Waals surface area contributed by atoms with Crippen molar-refractivity contribution >= 4 is 29.1 Å². The minimum atomic E-state index is -0.361. The summed E-state index contributed by atoms with van der Waals surface area (Å²) >= 11 is 11.9. The Morgan fingerprint density at radius 2 is 2.12 bits per heavy atom. The summed E-state index contributed by atoms with van der Waals surface area (Å²) in [6.07, 6.45) is 0. The van der Waals surface area contributed by atoms with Crippen molar-refractivity contribution in [1.29, 1.82) is 0 Å². The summed E-state index contributed by atoms with van der Waals surface area (Å²) in [6.45, 7) is 2.28. The largest absolute Gasteiger partial charge is 0.368 e. The predicted octanol–water partition coefficient (Wildman–Crippen LogP) is 2.30. The highest BCUT2D eigenvalue weighted by molar-refractivity contribution is 6.42. The summed E-state index contributed by atoms with van der Waals surface area (Å²) in [5.41, 5.74) is 6.10. The first kappa shape index (κ1) is 13.3.